The Balaban J connectivity index is 2.87. The highest BCUT2D eigenvalue weighted by molar-refractivity contribution is 5.31. The van der Waals surface area contributed by atoms with Gasteiger partial charge in [-0.25, -0.2) is 0 Å². The number of benzene rings is 1. The van der Waals surface area contributed by atoms with Gasteiger partial charge < -0.3 is 11.1 Å². The number of hydrogen-bond donors (Lipinski definition) is 2. The first-order valence-corrected chi connectivity index (χ1v) is 6.29. The fourth-order valence-corrected chi connectivity index (χ4v) is 1.91. The number of hydrogen-bond acceptors (Lipinski definition) is 2. The third-order valence-corrected chi connectivity index (χ3v) is 3.24. The van der Waals surface area contributed by atoms with Crippen LogP contribution in [0.15, 0.2) is 24.3 Å². The summed E-state index contributed by atoms with van der Waals surface area (Å²) in [7, 11) is 0. The number of rotatable bonds is 4. The Hall–Kier alpha value is -0.860. The van der Waals surface area contributed by atoms with Crippen LogP contribution in [-0.2, 0) is 10.8 Å². The van der Waals surface area contributed by atoms with Crippen molar-refractivity contribution in [2.24, 2.45) is 5.73 Å². The zero-order chi connectivity index (χ0) is 13.1. The van der Waals surface area contributed by atoms with Gasteiger partial charge in [0.25, 0.3) is 0 Å². The minimum Gasteiger partial charge on any atom is -0.318 e. The van der Waals surface area contributed by atoms with Gasteiger partial charge in [0.2, 0.25) is 0 Å². The first-order valence-electron chi connectivity index (χ1n) is 6.29. The van der Waals surface area contributed by atoms with Crippen molar-refractivity contribution in [1.82, 2.24) is 5.32 Å². The van der Waals surface area contributed by atoms with Gasteiger partial charge in [0, 0.05) is 18.6 Å². The molecule has 0 saturated carbocycles. The van der Waals surface area contributed by atoms with Crippen molar-refractivity contribution in [3.8, 4) is 0 Å². The minimum atomic E-state index is 0.121. The predicted molar refractivity (Wildman–Crippen MR) is 75.2 cm³/mol. The second-order valence-corrected chi connectivity index (χ2v) is 6.34. The summed E-state index contributed by atoms with van der Waals surface area (Å²) < 4.78 is 0. The van der Waals surface area contributed by atoms with Gasteiger partial charge in [-0.15, -0.1) is 0 Å². The maximum Gasteiger partial charge on any atom is 0.0429 e. The van der Waals surface area contributed by atoms with Gasteiger partial charge in [0.1, 0.15) is 0 Å². The van der Waals surface area contributed by atoms with Crippen LogP contribution in [0.4, 0.5) is 0 Å². The lowest BCUT2D eigenvalue weighted by atomic mass is 9.81. The second kappa shape index (κ2) is 5.19. The van der Waals surface area contributed by atoms with Crippen molar-refractivity contribution in [3.63, 3.8) is 0 Å². The molecule has 2 heteroatoms. The maximum absolute atomic E-state index is 5.48. The van der Waals surface area contributed by atoms with Crippen LogP contribution in [0.3, 0.4) is 0 Å². The average Bonchev–Trinajstić information content (AvgIpc) is 2.25. The van der Waals surface area contributed by atoms with Gasteiger partial charge >= 0.3 is 0 Å². The van der Waals surface area contributed by atoms with E-state index in [9.17, 15) is 0 Å². The van der Waals surface area contributed by atoms with Crippen LogP contribution in [0.2, 0.25) is 0 Å². The first-order chi connectivity index (χ1) is 7.77. The molecule has 0 aliphatic heterocycles. The summed E-state index contributed by atoms with van der Waals surface area (Å²) in [5.74, 6) is 0. The van der Waals surface area contributed by atoms with Gasteiger partial charge in [0.05, 0.1) is 0 Å². The van der Waals surface area contributed by atoms with E-state index < -0.39 is 0 Å². The van der Waals surface area contributed by atoms with E-state index in [1.54, 1.807) is 0 Å². The zero-order valence-electron chi connectivity index (χ0n) is 11.8. The summed E-state index contributed by atoms with van der Waals surface area (Å²) in [5.41, 5.74) is 8.56. The van der Waals surface area contributed by atoms with E-state index in [-0.39, 0.29) is 10.8 Å². The summed E-state index contributed by atoms with van der Waals surface area (Å²) in [6.07, 6.45) is 0. The van der Waals surface area contributed by atoms with Crippen molar-refractivity contribution >= 4 is 0 Å². The summed E-state index contributed by atoms with van der Waals surface area (Å²) >= 11 is 0. The van der Waals surface area contributed by atoms with Crippen LogP contribution in [-0.4, -0.2) is 13.2 Å². The highest BCUT2D eigenvalue weighted by Crippen LogP contribution is 2.27. The number of nitrogens with two attached hydrogens (primary N) is 1. The molecule has 0 radical (unpaired) electrons. The predicted octanol–water partition coefficient (Wildman–Crippen LogP) is 2.77. The summed E-state index contributed by atoms with van der Waals surface area (Å²) in [4.78, 5) is 0. The van der Waals surface area contributed by atoms with Gasteiger partial charge in [0.15, 0.2) is 0 Å². The molecule has 3 N–H and O–H groups in total. The van der Waals surface area contributed by atoms with E-state index >= 15 is 0 Å². The second-order valence-electron chi connectivity index (χ2n) is 6.34. The smallest absolute Gasteiger partial charge is 0.0429 e. The summed E-state index contributed by atoms with van der Waals surface area (Å²) in [6.45, 7) is 12.6. The normalized spacial score (nSPS) is 12.8. The lowest BCUT2D eigenvalue weighted by Crippen LogP contribution is -2.36. The fourth-order valence-electron chi connectivity index (χ4n) is 1.91. The molecular formula is C15H26N2. The van der Waals surface area contributed by atoms with E-state index in [4.69, 9.17) is 5.73 Å². The van der Waals surface area contributed by atoms with E-state index in [1.807, 2.05) is 0 Å². The molecule has 17 heavy (non-hydrogen) atoms. The molecule has 0 aromatic heterocycles. The van der Waals surface area contributed by atoms with Crippen molar-refractivity contribution in [1.29, 1.82) is 0 Å². The molecule has 0 spiro atoms. The molecule has 0 heterocycles. The Morgan fingerprint density at radius 3 is 1.82 bits per heavy atom. The topological polar surface area (TPSA) is 38.0 Å². The summed E-state index contributed by atoms with van der Waals surface area (Å²) in [5, 5.41) is 3.21. The molecule has 1 rings (SSSR count). The molecule has 0 saturated heterocycles. The number of nitrogens with one attached hydrogen (secondary N) is 1. The Labute approximate surface area is 106 Å². The molecule has 1 aromatic carbocycles. The van der Waals surface area contributed by atoms with Gasteiger partial charge in [-0.1, -0.05) is 58.9 Å². The molecule has 0 amide bonds. The summed E-state index contributed by atoms with van der Waals surface area (Å²) in [6, 6.07) is 8.94. The molecular weight excluding hydrogens is 208 g/mol. The van der Waals surface area contributed by atoms with E-state index in [0.29, 0.717) is 6.67 Å². The van der Waals surface area contributed by atoms with Crippen LogP contribution in [0.5, 0.6) is 0 Å². The molecule has 0 aliphatic carbocycles. The van der Waals surface area contributed by atoms with Crippen molar-refractivity contribution < 1.29 is 0 Å². The SMILES string of the molecule is CC(C)(C)c1ccc(C(C)(C)CNCN)cc1. The highest BCUT2D eigenvalue weighted by atomic mass is 15.0. The van der Waals surface area contributed by atoms with Crippen molar-refractivity contribution in [3.05, 3.63) is 35.4 Å². The highest BCUT2D eigenvalue weighted by Gasteiger charge is 2.21. The molecule has 0 unspecified atom stereocenters. The minimum absolute atomic E-state index is 0.121. The zero-order valence-corrected chi connectivity index (χ0v) is 11.8. The molecule has 0 fully saturated rings. The standard InChI is InChI=1S/C15H26N2/c1-14(2,3)12-6-8-13(9-7-12)15(4,5)10-17-11-16/h6-9,17H,10-11,16H2,1-5H3. The van der Waals surface area contributed by atoms with E-state index in [2.05, 4.69) is 64.2 Å². The fraction of sp³-hybridized carbons (Fsp3) is 0.600. The third kappa shape index (κ3) is 3.83. The molecule has 0 aliphatic rings. The molecule has 0 atom stereocenters. The monoisotopic (exact) mass is 234 g/mol. The first kappa shape index (κ1) is 14.2. The van der Waals surface area contributed by atoms with E-state index in [0.717, 1.165) is 6.54 Å². The molecule has 0 bridgehead atoms. The van der Waals surface area contributed by atoms with Crippen LogP contribution >= 0.6 is 0 Å². The van der Waals surface area contributed by atoms with Crippen LogP contribution in [0.1, 0.15) is 45.7 Å². The van der Waals surface area contributed by atoms with Crippen LogP contribution in [0.25, 0.3) is 0 Å². The third-order valence-electron chi connectivity index (χ3n) is 3.24. The Morgan fingerprint density at radius 2 is 1.41 bits per heavy atom. The molecule has 2 nitrogen and oxygen atoms in total. The maximum atomic E-state index is 5.48. The Kier molecular flexibility index (Phi) is 4.34. The lowest BCUT2D eigenvalue weighted by Gasteiger charge is -2.27. The van der Waals surface area contributed by atoms with Gasteiger partial charge in [-0.3, -0.25) is 0 Å². The van der Waals surface area contributed by atoms with Crippen molar-refractivity contribution in [2.75, 3.05) is 13.2 Å². The largest absolute Gasteiger partial charge is 0.318 e. The van der Waals surface area contributed by atoms with Crippen LogP contribution in [0, 0.1) is 0 Å². The van der Waals surface area contributed by atoms with Crippen molar-refractivity contribution in [2.45, 2.75) is 45.4 Å². The van der Waals surface area contributed by atoms with Crippen LogP contribution < -0.4 is 11.1 Å². The van der Waals surface area contributed by atoms with Gasteiger partial charge in [-0.2, -0.15) is 0 Å². The quantitative estimate of drug-likeness (QED) is 0.786. The molecule has 1 aromatic rings. The molecule has 96 valence electrons. The Bertz CT molecular complexity index is 344. The Morgan fingerprint density at radius 1 is 0.941 bits per heavy atom. The lowest BCUT2D eigenvalue weighted by molar-refractivity contribution is 0.473. The van der Waals surface area contributed by atoms with E-state index in [1.165, 1.54) is 11.1 Å². The van der Waals surface area contributed by atoms with Gasteiger partial charge in [-0.05, 0) is 16.5 Å². The average molecular weight is 234 g/mol.